The molecule has 1 aliphatic carbocycles. The highest BCUT2D eigenvalue weighted by molar-refractivity contribution is 6.32. The molecule has 0 aliphatic heterocycles. The molecule has 1 saturated carbocycles. The van der Waals surface area contributed by atoms with Gasteiger partial charge < -0.3 is 19.9 Å². The molecular formula is C17H21ClFNO5. The number of phenolic OH excluding ortho intramolecular Hbond substituents is 1. The summed E-state index contributed by atoms with van der Waals surface area (Å²) in [5.41, 5.74) is -2.15. The molecule has 0 aromatic heterocycles. The van der Waals surface area contributed by atoms with Crippen molar-refractivity contribution in [2.45, 2.75) is 38.8 Å². The molecule has 0 saturated heterocycles. The Labute approximate surface area is 150 Å². The average molecular weight is 374 g/mol. The van der Waals surface area contributed by atoms with Gasteiger partial charge in [0.15, 0.2) is 11.6 Å². The molecule has 0 spiro atoms. The molecule has 0 radical (unpaired) electrons. The lowest BCUT2D eigenvalue weighted by molar-refractivity contribution is -0.193. The number of phenols is 1. The van der Waals surface area contributed by atoms with Gasteiger partial charge in [0.1, 0.15) is 5.54 Å². The van der Waals surface area contributed by atoms with Gasteiger partial charge in [-0.25, -0.2) is 9.18 Å². The summed E-state index contributed by atoms with van der Waals surface area (Å²) in [4.78, 5) is 25.0. The van der Waals surface area contributed by atoms with E-state index < -0.39 is 34.4 Å². The molecule has 2 N–H and O–H groups in total. The molecule has 1 aromatic carbocycles. The Balaban J connectivity index is 2.33. The monoisotopic (exact) mass is 373 g/mol. The van der Waals surface area contributed by atoms with Gasteiger partial charge in [-0.05, 0) is 19.1 Å². The fourth-order valence-corrected chi connectivity index (χ4v) is 3.36. The summed E-state index contributed by atoms with van der Waals surface area (Å²) in [6.07, 6.45) is -0.00219. The lowest BCUT2D eigenvalue weighted by Crippen LogP contribution is -2.76. The zero-order valence-electron chi connectivity index (χ0n) is 14.5. The van der Waals surface area contributed by atoms with Crippen molar-refractivity contribution in [1.82, 2.24) is 5.32 Å². The van der Waals surface area contributed by atoms with Crippen LogP contribution in [0.2, 0.25) is 5.02 Å². The van der Waals surface area contributed by atoms with E-state index >= 15 is 0 Å². The van der Waals surface area contributed by atoms with Crippen LogP contribution < -0.4 is 5.32 Å². The largest absolute Gasteiger partial charge is 0.504 e. The first-order valence-corrected chi connectivity index (χ1v) is 8.19. The Bertz CT molecular complexity index is 685. The van der Waals surface area contributed by atoms with Crippen LogP contribution in [0.3, 0.4) is 0 Å². The number of esters is 1. The van der Waals surface area contributed by atoms with E-state index in [9.17, 15) is 19.1 Å². The Kier molecular flexibility index (Phi) is 5.30. The standard InChI is InChI=1S/C17H21ClFNO5/c1-5-25-12-8-17(15(23)24-4,16(12,2)3)20-14(22)9-6-10(18)13(21)11(19)7-9/h6-7,12,21H,5,8H2,1-4H3,(H,20,22)/t12-,17-/m1/s1. The third kappa shape index (κ3) is 3.06. The van der Waals surface area contributed by atoms with Crippen molar-refractivity contribution in [3.8, 4) is 5.75 Å². The molecule has 8 heteroatoms. The second-order valence-electron chi connectivity index (χ2n) is 6.51. The molecule has 25 heavy (non-hydrogen) atoms. The van der Waals surface area contributed by atoms with Crippen LogP contribution >= 0.6 is 11.6 Å². The highest BCUT2D eigenvalue weighted by Crippen LogP contribution is 2.52. The van der Waals surface area contributed by atoms with Gasteiger partial charge in [-0.3, -0.25) is 4.79 Å². The zero-order chi connectivity index (χ0) is 19.0. The van der Waals surface area contributed by atoms with E-state index in [1.807, 2.05) is 6.92 Å². The summed E-state index contributed by atoms with van der Waals surface area (Å²) in [7, 11) is 1.23. The summed E-state index contributed by atoms with van der Waals surface area (Å²) < 4.78 is 24.1. The van der Waals surface area contributed by atoms with Crippen LogP contribution in [0.1, 0.15) is 37.6 Å². The first kappa shape index (κ1) is 19.5. The third-order valence-corrected chi connectivity index (χ3v) is 5.19. The Hall–Kier alpha value is -1.86. The van der Waals surface area contributed by atoms with Gasteiger partial charge in [-0.2, -0.15) is 0 Å². The van der Waals surface area contributed by atoms with E-state index in [1.165, 1.54) is 7.11 Å². The fraction of sp³-hybridized carbons (Fsp3) is 0.529. The van der Waals surface area contributed by atoms with Gasteiger partial charge in [0.25, 0.3) is 5.91 Å². The van der Waals surface area contributed by atoms with Crippen LogP contribution in [-0.4, -0.2) is 42.3 Å². The highest BCUT2D eigenvalue weighted by atomic mass is 35.5. The predicted octanol–water partition coefficient (Wildman–Crippen LogP) is 2.66. The number of carbonyl (C=O) groups is 2. The van der Waals surface area contributed by atoms with Crippen molar-refractivity contribution >= 4 is 23.5 Å². The number of methoxy groups -OCH3 is 1. The van der Waals surface area contributed by atoms with E-state index in [-0.39, 0.29) is 23.1 Å². The van der Waals surface area contributed by atoms with Crippen LogP contribution in [0.15, 0.2) is 12.1 Å². The lowest BCUT2D eigenvalue weighted by atomic mass is 9.54. The summed E-state index contributed by atoms with van der Waals surface area (Å²) >= 11 is 5.71. The summed E-state index contributed by atoms with van der Waals surface area (Å²) in [5, 5.41) is 11.7. The first-order chi connectivity index (χ1) is 11.6. The van der Waals surface area contributed by atoms with Gasteiger partial charge in [-0.1, -0.05) is 25.4 Å². The maximum atomic E-state index is 13.6. The van der Waals surface area contributed by atoms with E-state index in [2.05, 4.69) is 5.32 Å². The van der Waals surface area contributed by atoms with Gasteiger partial charge in [-0.15, -0.1) is 0 Å². The minimum absolute atomic E-state index is 0.112. The van der Waals surface area contributed by atoms with Crippen LogP contribution in [-0.2, 0) is 14.3 Å². The number of nitrogens with one attached hydrogen (secondary N) is 1. The molecule has 2 atom stereocenters. The van der Waals surface area contributed by atoms with Gasteiger partial charge >= 0.3 is 5.97 Å². The number of carbonyl (C=O) groups excluding carboxylic acids is 2. The van der Waals surface area contributed by atoms with Crippen molar-refractivity contribution < 1.29 is 28.6 Å². The number of benzene rings is 1. The second-order valence-corrected chi connectivity index (χ2v) is 6.92. The normalized spacial score (nSPS) is 24.3. The SMILES string of the molecule is CCO[C@@H]1C[C@@](NC(=O)c2cc(F)c(O)c(Cl)c2)(C(=O)OC)C1(C)C. The fourth-order valence-electron chi connectivity index (χ4n) is 3.15. The van der Waals surface area contributed by atoms with E-state index in [0.29, 0.717) is 6.61 Å². The smallest absolute Gasteiger partial charge is 0.332 e. The number of rotatable bonds is 5. The number of ether oxygens (including phenoxy) is 2. The number of aromatic hydroxyl groups is 1. The van der Waals surface area contributed by atoms with Crippen molar-refractivity contribution in [3.05, 3.63) is 28.5 Å². The van der Waals surface area contributed by atoms with Crippen molar-refractivity contribution in [2.24, 2.45) is 5.41 Å². The summed E-state index contributed by atoms with van der Waals surface area (Å²) in [6.45, 7) is 5.89. The Morgan fingerprint density at radius 2 is 2.08 bits per heavy atom. The lowest BCUT2D eigenvalue weighted by Gasteiger charge is -2.58. The van der Waals surface area contributed by atoms with Crippen molar-refractivity contribution in [3.63, 3.8) is 0 Å². The van der Waals surface area contributed by atoms with Crippen molar-refractivity contribution in [1.29, 1.82) is 0 Å². The molecular weight excluding hydrogens is 353 g/mol. The number of hydrogen-bond donors (Lipinski definition) is 2. The molecule has 1 amide bonds. The number of hydrogen-bond acceptors (Lipinski definition) is 5. The van der Waals surface area contributed by atoms with E-state index in [1.54, 1.807) is 13.8 Å². The maximum Gasteiger partial charge on any atom is 0.332 e. The van der Waals surface area contributed by atoms with Crippen LogP contribution in [0.25, 0.3) is 0 Å². The number of amides is 1. The molecule has 1 aliphatic rings. The second kappa shape index (κ2) is 6.80. The highest BCUT2D eigenvalue weighted by Gasteiger charge is 2.66. The van der Waals surface area contributed by atoms with E-state index in [0.717, 1.165) is 12.1 Å². The van der Waals surface area contributed by atoms with Gasteiger partial charge in [0.05, 0.1) is 18.2 Å². The first-order valence-electron chi connectivity index (χ1n) is 7.81. The zero-order valence-corrected chi connectivity index (χ0v) is 15.2. The predicted molar refractivity (Wildman–Crippen MR) is 89.1 cm³/mol. The van der Waals surface area contributed by atoms with Crippen LogP contribution in [0, 0.1) is 11.2 Å². The van der Waals surface area contributed by atoms with E-state index in [4.69, 9.17) is 21.1 Å². The summed E-state index contributed by atoms with van der Waals surface area (Å²) in [6, 6.07) is 1.99. The number of halogens is 2. The molecule has 0 bridgehead atoms. The van der Waals surface area contributed by atoms with Gasteiger partial charge in [0, 0.05) is 24.0 Å². The molecule has 1 aromatic rings. The molecule has 1 fully saturated rings. The third-order valence-electron chi connectivity index (χ3n) is 4.90. The van der Waals surface area contributed by atoms with Crippen LogP contribution in [0.4, 0.5) is 4.39 Å². The average Bonchev–Trinajstić information content (AvgIpc) is 2.56. The maximum absolute atomic E-state index is 13.6. The van der Waals surface area contributed by atoms with Crippen molar-refractivity contribution in [2.75, 3.05) is 13.7 Å². The topological polar surface area (TPSA) is 84.9 Å². The molecule has 0 unspecified atom stereocenters. The molecule has 6 nitrogen and oxygen atoms in total. The molecule has 0 heterocycles. The molecule has 138 valence electrons. The van der Waals surface area contributed by atoms with Gasteiger partial charge in [0.2, 0.25) is 0 Å². The van der Waals surface area contributed by atoms with Crippen LogP contribution in [0.5, 0.6) is 5.75 Å². The minimum Gasteiger partial charge on any atom is -0.504 e. The quantitative estimate of drug-likeness (QED) is 0.775. The minimum atomic E-state index is -1.31. The Morgan fingerprint density at radius 3 is 2.56 bits per heavy atom. The summed E-state index contributed by atoms with van der Waals surface area (Å²) in [5.74, 6) is -3.06. The Morgan fingerprint density at radius 1 is 1.44 bits per heavy atom. The molecule has 2 rings (SSSR count).